The molecule has 15 heavy (non-hydrogen) atoms. The average molecular weight is 197 g/mol. The summed E-state index contributed by atoms with van der Waals surface area (Å²) in [5.41, 5.74) is 2.79. The van der Waals surface area contributed by atoms with Crippen molar-refractivity contribution in [1.29, 1.82) is 0 Å². The van der Waals surface area contributed by atoms with E-state index in [9.17, 15) is 0 Å². The van der Waals surface area contributed by atoms with Gasteiger partial charge in [-0.25, -0.2) is 0 Å². The van der Waals surface area contributed by atoms with E-state index in [2.05, 4.69) is 25.6 Å². The van der Waals surface area contributed by atoms with Gasteiger partial charge >= 0.3 is 0 Å². The molecule has 5 heteroatoms. The van der Waals surface area contributed by atoms with Gasteiger partial charge in [0.1, 0.15) is 5.69 Å². The van der Waals surface area contributed by atoms with Crippen LogP contribution in [0.4, 0.5) is 0 Å². The van der Waals surface area contributed by atoms with Gasteiger partial charge in [0.15, 0.2) is 0 Å². The summed E-state index contributed by atoms with van der Waals surface area (Å²) in [6, 6.07) is 8.02. The number of rotatable bonds is 1. The predicted octanol–water partition coefficient (Wildman–Crippen LogP) is 1.41. The Morgan fingerprint density at radius 1 is 1.07 bits per heavy atom. The molecular formula is C10H7N5. The molecule has 0 spiro atoms. The highest BCUT2D eigenvalue weighted by Crippen LogP contribution is 2.25. The molecule has 0 unspecified atom stereocenters. The first-order valence-electron chi connectivity index (χ1n) is 4.53. The lowest BCUT2D eigenvalue weighted by Gasteiger charge is -1.94. The molecule has 0 aliphatic rings. The summed E-state index contributed by atoms with van der Waals surface area (Å²) in [5.74, 6) is 0. The molecule has 1 N–H and O–H groups in total. The van der Waals surface area contributed by atoms with Crippen LogP contribution in [0.25, 0.3) is 22.2 Å². The second-order valence-corrected chi connectivity index (χ2v) is 3.16. The number of H-pyrrole nitrogens is 1. The molecule has 0 saturated heterocycles. The van der Waals surface area contributed by atoms with Crippen molar-refractivity contribution in [2.75, 3.05) is 0 Å². The molecule has 2 aromatic heterocycles. The van der Waals surface area contributed by atoms with Crippen molar-refractivity contribution in [2.24, 2.45) is 0 Å². The maximum Gasteiger partial charge on any atom is 0.117 e. The first-order chi connectivity index (χ1) is 7.45. The van der Waals surface area contributed by atoms with Crippen molar-refractivity contribution in [3.63, 3.8) is 0 Å². The standard InChI is InChI=1S/C10H7N5/c1-2-4-9-7(3-1)8(5-11-9)10-6-12-14-15-13-10/h1-6,11H. The van der Waals surface area contributed by atoms with Crippen LogP contribution >= 0.6 is 0 Å². The van der Waals surface area contributed by atoms with E-state index in [4.69, 9.17) is 0 Å². The van der Waals surface area contributed by atoms with Gasteiger partial charge in [-0.1, -0.05) is 18.2 Å². The molecule has 3 rings (SSSR count). The molecule has 0 bridgehead atoms. The van der Waals surface area contributed by atoms with E-state index in [1.54, 1.807) is 6.20 Å². The van der Waals surface area contributed by atoms with Gasteiger partial charge in [0.25, 0.3) is 0 Å². The number of hydrogen-bond donors (Lipinski definition) is 1. The molecule has 0 aliphatic carbocycles. The number of nitrogens with one attached hydrogen (secondary N) is 1. The lowest BCUT2D eigenvalue weighted by Crippen LogP contribution is -1.92. The summed E-state index contributed by atoms with van der Waals surface area (Å²) in [7, 11) is 0. The molecule has 5 nitrogen and oxygen atoms in total. The van der Waals surface area contributed by atoms with Crippen LogP contribution in [0.15, 0.2) is 36.7 Å². The van der Waals surface area contributed by atoms with Crippen LogP contribution in [-0.4, -0.2) is 25.6 Å². The Morgan fingerprint density at radius 2 is 2.00 bits per heavy atom. The van der Waals surface area contributed by atoms with Crippen LogP contribution in [-0.2, 0) is 0 Å². The zero-order chi connectivity index (χ0) is 10.1. The van der Waals surface area contributed by atoms with E-state index < -0.39 is 0 Å². The van der Waals surface area contributed by atoms with Crippen LogP contribution in [0, 0.1) is 0 Å². The third kappa shape index (κ3) is 1.25. The summed E-state index contributed by atoms with van der Waals surface area (Å²) in [5, 5.41) is 15.7. The van der Waals surface area contributed by atoms with Crippen LogP contribution in [0.1, 0.15) is 0 Å². The van der Waals surface area contributed by atoms with E-state index in [1.165, 1.54) is 0 Å². The second-order valence-electron chi connectivity index (χ2n) is 3.16. The lowest BCUT2D eigenvalue weighted by atomic mass is 10.1. The minimum Gasteiger partial charge on any atom is -0.360 e. The van der Waals surface area contributed by atoms with E-state index in [-0.39, 0.29) is 0 Å². The van der Waals surface area contributed by atoms with Crippen LogP contribution < -0.4 is 0 Å². The summed E-state index contributed by atoms with van der Waals surface area (Å²) >= 11 is 0. The van der Waals surface area contributed by atoms with Crippen molar-refractivity contribution in [2.45, 2.75) is 0 Å². The Balaban J connectivity index is 2.28. The van der Waals surface area contributed by atoms with E-state index in [0.29, 0.717) is 0 Å². The predicted molar refractivity (Wildman–Crippen MR) is 54.9 cm³/mol. The third-order valence-corrected chi connectivity index (χ3v) is 2.29. The van der Waals surface area contributed by atoms with Crippen molar-refractivity contribution in [1.82, 2.24) is 25.6 Å². The number of fused-ring (bicyclic) bond motifs is 1. The number of hydrogen-bond acceptors (Lipinski definition) is 4. The second kappa shape index (κ2) is 3.13. The molecule has 0 saturated carbocycles. The lowest BCUT2D eigenvalue weighted by molar-refractivity contribution is 0.767. The molecule has 1 aromatic carbocycles. The maximum atomic E-state index is 3.93. The SMILES string of the molecule is c1ccc2c(-c3cnnnn3)c[nH]c2c1. The van der Waals surface area contributed by atoms with Crippen LogP contribution in [0.5, 0.6) is 0 Å². The number of aromatic nitrogens is 5. The van der Waals surface area contributed by atoms with Crippen molar-refractivity contribution in [3.05, 3.63) is 36.7 Å². The van der Waals surface area contributed by atoms with E-state index in [1.807, 2.05) is 30.5 Å². The van der Waals surface area contributed by atoms with Gasteiger partial charge in [0.05, 0.1) is 6.20 Å². The summed E-state index contributed by atoms with van der Waals surface area (Å²) in [6.45, 7) is 0. The van der Waals surface area contributed by atoms with Gasteiger partial charge in [-0.2, -0.15) is 0 Å². The van der Waals surface area contributed by atoms with Crippen LogP contribution in [0.2, 0.25) is 0 Å². The zero-order valence-corrected chi connectivity index (χ0v) is 7.75. The van der Waals surface area contributed by atoms with Gasteiger partial charge in [0, 0.05) is 22.7 Å². The molecular weight excluding hydrogens is 190 g/mol. The molecule has 0 fully saturated rings. The number of para-hydroxylation sites is 1. The van der Waals surface area contributed by atoms with Gasteiger partial charge in [0.2, 0.25) is 0 Å². The zero-order valence-electron chi connectivity index (χ0n) is 7.75. The average Bonchev–Trinajstić information content (AvgIpc) is 2.74. The first-order valence-corrected chi connectivity index (χ1v) is 4.53. The Labute approximate surface area is 85.2 Å². The molecule has 0 atom stereocenters. The molecule has 0 radical (unpaired) electrons. The minimum atomic E-state index is 0.724. The molecule has 3 aromatic rings. The highest BCUT2D eigenvalue weighted by Gasteiger charge is 2.06. The summed E-state index contributed by atoms with van der Waals surface area (Å²) in [6.07, 6.45) is 3.50. The number of benzene rings is 1. The fourth-order valence-electron chi connectivity index (χ4n) is 1.60. The fourth-order valence-corrected chi connectivity index (χ4v) is 1.60. The third-order valence-electron chi connectivity index (χ3n) is 2.29. The summed E-state index contributed by atoms with van der Waals surface area (Å²) < 4.78 is 0. The van der Waals surface area contributed by atoms with Crippen molar-refractivity contribution in [3.8, 4) is 11.3 Å². The van der Waals surface area contributed by atoms with Crippen molar-refractivity contribution < 1.29 is 0 Å². The normalized spacial score (nSPS) is 10.7. The highest BCUT2D eigenvalue weighted by molar-refractivity contribution is 5.94. The molecule has 72 valence electrons. The smallest absolute Gasteiger partial charge is 0.117 e. The molecule has 0 amide bonds. The highest BCUT2D eigenvalue weighted by atomic mass is 15.4. The topological polar surface area (TPSA) is 67.3 Å². The van der Waals surface area contributed by atoms with E-state index in [0.717, 1.165) is 22.2 Å². The Kier molecular flexibility index (Phi) is 1.68. The summed E-state index contributed by atoms with van der Waals surface area (Å²) in [4.78, 5) is 3.17. The van der Waals surface area contributed by atoms with Gasteiger partial charge < -0.3 is 4.98 Å². The fraction of sp³-hybridized carbons (Fsp3) is 0. The monoisotopic (exact) mass is 197 g/mol. The molecule has 2 heterocycles. The molecule has 0 aliphatic heterocycles. The first kappa shape index (κ1) is 8.05. The van der Waals surface area contributed by atoms with Gasteiger partial charge in [-0.05, 0) is 16.5 Å². The largest absolute Gasteiger partial charge is 0.360 e. The Bertz CT molecular complexity index is 587. The number of aromatic amines is 1. The number of nitrogens with zero attached hydrogens (tertiary/aromatic N) is 4. The van der Waals surface area contributed by atoms with E-state index >= 15 is 0 Å². The van der Waals surface area contributed by atoms with Crippen LogP contribution in [0.3, 0.4) is 0 Å². The Morgan fingerprint density at radius 3 is 2.87 bits per heavy atom. The van der Waals surface area contributed by atoms with Crippen molar-refractivity contribution >= 4 is 10.9 Å². The quantitative estimate of drug-likeness (QED) is 0.640. The maximum absolute atomic E-state index is 3.93. The Hall–Kier alpha value is -2.30. The minimum absolute atomic E-state index is 0.724. The van der Waals surface area contributed by atoms with Gasteiger partial charge in [-0.15, -0.1) is 10.2 Å². The van der Waals surface area contributed by atoms with Gasteiger partial charge in [-0.3, -0.25) is 0 Å².